The SMILES string of the molecule is CN1CCN(c2ccc(-c3cnc(N)nc3Nc3cccc(N4CCCCC4)c3)cc2)CC1. The number of piperidine rings is 1. The Hall–Kier alpha value is -3.32. The molecule has 2 aliphatic heterocycles. The van der Waals surface area contributed by atoms with E-state index in [9.17, 15) is 0 Å². The summed E-state index contributed by atoms with van der Waals surface area (Å²) in [5, 5.41) is 3.50. The summed E-state index contributed by atoms with van der Waals surface area (Å²) in [7, 11) is 2.18. The van der Waals surface area contributed by atoms with Gasteiger partial charge in [-0.15, -0.1) is 0 Å². The first-order chi connectivity index (χ1) is 16.2. The van der Waals surface area contributed by atoms with Crippen LogP contribution in [0.4, 0.5) is 28.8 Å². The summed E-state index contributed by atoms with van der Waals surface area (Å²) in [6, 6.07) is 17.2. The van der Waals surface area contributed by atoms with Crippen LogP contribution < -0.4 is 20.9 Å². The number of likely N-dealkylation sites (N-methyl/N-ethyl adjacent to an activating group) is 1. The summed E-state index contributed by atoms with van der Waals surface area (Å²) >= 11 is 0. The molecule has 0 spiro atoms. The molecule has 2 saturated heterocycles. The van der Waals surface area contributed by atoms with Crippen molar-refractivity contribution in [3.63, 3.8) is 0 Å². The van der Waals surface area contributed by atoms with Crippen LogP contribution in [-0.2, 0) is 0 Å². The molecule has 5 rings (SSSR count). The molecule has 0 atom stereocenters. The molecule has 0 radical (unpaired) electrons. The lowest BCUT2D eigenvalue weighted by molar-refractivity contribution is 0.313. The number of nitrogens with one attached hydrogen (secondary N) is 1. The quantitative estimate of drug-likeness (QED) is 0.612. The zero-order chi connectivity index (χ0) is 22.6. The molecule has 7 nitrogen and oxygen atoms in total. The van der Waals surface area contributed by atoms with Gasteiger partial charge in [0.1, 0.15) is 5.82 Å². The van der Waals surface area contributed by atoms with Crippen molar-refractivity contribution in [2.75, 3.05) is 67.2 Å². The summed E-state index contributed by atoms with van der Waals surface area (Å²) in [6.45, 7) is 6.54. The Kier molecular flexibility index (Phi) is 6.30. The van der Waals surface area contributed by atoms with E-state index in [4.69, 9.17) is 5.73 Å². The maximum atomic E-state index is 5.96. The fraction of sp³-hybridized carbons (Fsp3) is 0.385. The van der Waals surface area contributed by atoms with E-state index in [1.165, 1.54) is 30.6 Å². The minimum atomic E-state index is 0.266. The Morgan fingerprint density at radius 3 is 2.30 bits per heavy atom. The molecule has 2 aromatic carbocycles. The summed E-state index contributed by atoms with van der Waals surface area (Å²) in [6.07, 6.45) is 5.65. The van der Waals surface area contributed by atoms with Crippen LogP contribution in [0.3, 0.4) is 0 Å². The standard InChI is InChI=1S/C26H33N7/c1-31-14-16-33(17-15-31)22-10-8-20(9-11-22)24-19-28-26(27)30-25(24)29-21-6-5-7-23(18-21)32-12-3-2-4-13-32/h5-11,18-19H,2-4,12-17H2,1H3,(H3,27,28,29,30). The van der Waals surface area contributed by atoms with Gasteiger partial charge in [-0.2, -0.15) is 4.98 Å². The molecule has 3 aromatic rings. The number of hydrogen-bond acceptors (Lipinski definition) is 7. The monoisotopic (exact) mass is 443 g/mol. The number of nitrogen functional groups attached to an aromatic ring is 1. The Morgan fingerprint density at radius 2 is 1.55 bits per heavy atom. The molecule has 1 aromatic heterocycles. The first kappa shape index (κ1) is 21.5. The molecule has 3 N–H and O–H groups in total. The van der Waals surface area contributed by atoms with Crippen molar-refractivity contribution in [2.24, 2.45) is 0 Å². The van der Waals surface area contributed by atoms with E-state index in [0.717, 1.165) is 61.9 Å². The molecular formula is C26H33N7. The highest BCUT2D eigenvalue weighted by atomic mass is 15.2. The van der Waals surface area contributed by atoms with Crippen LogP contribution in [0.15, 0.2) is 54.7 Å². The summed E-state index contributed by atoms with van der Waals surface area (Å²) < 4.78 is 0. The Labute approximate surface area is 196 Å². The smallest absolute Gasteiger partial charge is 0.221 e. The second kappa shape index (κ2) is 9.67. The van der Waals surface area contributed by atoms with Crippen LogP contribution in [0.1, 0.15) is 19.3 Å². The molecule has 3 heterocycles. The van der Waals surface area contributed by atoms with Gasteiger partial charge in [0, 0.05) is 68.1 Å². The maximum absolute atomic E-state index is 5.96. The van der Waals surface area contributed by atoms with Crippen LogP contribution in [-0.4, -0.2) is 61.2 Å². The Morgan fingerprint density at radius 1 is 0.818 bits per heavy atom. The fourth-order valence-corrected chi connectivity index (χ4v) is 4.69. The molecule has 0 aliphatic carbocycles. The van der Waals surface area contributed by atoms with Crippen LogP contribution in [0, 0.1) is 0 Å². The first-order valence-electron chi connectivity index (χ1n) is 11.9. The van der Waals surface area contributed by atoms with Gasteiger partial charge in [-0.3, -0.25) is 0 Å². The van der Waals surface area contributed by atoms with Crippen LogP contribution in [0.25, 0.3) is 11.1 Å². The maximum Gasteiger partial charge on any atom is 0.221 e. The zero-order valence-corrected chi connectivity index (χ0v) is 19.4. The molecule has 0 unspecified atom stereocenters. The normalized spacial score (nSPS) is 17.2. The highest BCUT2D eigenvalue weighted by molar-refractivity contribution is 5.80. The van der Waals surface area contributed by atoms with E-state index < -0.39 is 0 Å². The zero-order valence-electron chi connectivity index (χ0n) is 19.4. The Bertz CT molecular complexity index is 1070. The predicted octanol–water partition coefficient (Wildman–Crippen LogP) is 4.21. The van der Waals surface area contributed by atoms with Gasteiger partial charge in [0.05, 0.1) is 0 Å². The van der Waals surface area contributed by atoms with Crippen molar-refractivity contribution in [1.82, 2.24) is 14.9 Å². The number of benzene rings is 2. The minimum Gasteiger partial charge on any atom is -0.371 e. The lowest BCUT2D eigenvalue weighted by atomic mass is 10.1. The number of nitrogens with zero attached hydrogens (tertiary/aromatic N) is 5. The van der Waals surface area contributed by atoms with Gasteiger partial charge in [0.2, 0.25) is 5.95 Å². The van der Waals surface area contributed by atoms with Gasteiger partial charge in [-0.25, -0.2) is 4.98 Å². The molecule has 7 heteroatoms. The summed E-state index contributed by atoms with van der Waals surface area (Å²) in [4.78, 5) is 16.1. The van der Waals surface area contributed by atoms with Gasteiger partial charge in [0.25, 0.3) is 0 Å². The highest BCUT2D eigenvalue weighted by Gasteiger charge is 2.16. The lowest BCUT2D eigenvalue weighted by Crippen LogP contribution is -2.44. The molecule has 172 valence electrons. The highest BCUT2D eigenvalue weighted by Crippen LogP contribution is 2.32. The number of anilines is 5. The average Bonchev–Trinajstić information content (AvgIpc) is 2.86. The van der Waals surface area contributed by atoms with Crippen LogP contribution >= 0.6 is 0 Å². The third-order valence-electron chi connectivity index (χ3n) is 6.68. The number of piperazine rings is 1. The third-order valence-corrected chi connectivity index (χ3v) is 6.68. The molecule has 0 amide bonds. The van der Waals surface area contributed by atoms with E-state index >= 15 is 0 Å². The summed E-state index contributed by atoms with van der Waals surface area (Å²) in [5.74, 6) is 0.994. The number of aromatic nitrogens is 2. The van der Waals surface area contributed by atoms with Crippen LogP contribution in [0.5, 0.6) is 0 Å². The number of nitrogens with two attached hydrogens (primary N) is 1. The second-order valence-corrected chi connectivity index (χ2v) is 9.05. The van der Waals surface area contributed by atoms with Gasteiger partial charge < -0.3 is 25.8 Å². The minimum absolute atomic E-state index is 0.266. The fourth-order valence-electron chi connectivity index (χ4n) is 4.69. The average molecular weight is 444 g/mol. The first-order valence-corrected chi connectivity index (χ1v) is 11.9. The number of rotatable bonds is 5. The molecule has 0 saturated carbocycles. The van der Waals surface area contributed by atoms with E-state index in [-0.39, 0.29) is 5.95 Å². The predicted molar refractivity (Wildman–Crippen MR) is 137 cm³/mol. The van der Waals surface area contributed by atoms with Gasteiger partial charge in [-0.1, -0.05) is 18.2 Å². The van der Waals surface area contributed by atoms with Crippen LogP contribution in [0.2, 0.25) is 0 Å². The molecule has 33 heavy (non-hydrogen) atoms. The topological polar surface area (TPSA) is 73.5 Å². The van der Waals surface area contributed by atoms with E-state index in [0.29, 0.717) is 0 Å². The van der Waals surface area contributed by atoms with Crippen molar-refractivity contribution >= 4 is 28.8 Å². The van der Waals surface area contributed by atoms with E-state index in [1.807, 2.05) is 6.20 Å². The Balaban J connectivity index is 1.37. The van der Waals surface area contributed by atoms with Gasteiger partial charge in [0.15, 0.2) is 0 Å². The third kappa shape index (κ3) is 5.03. The van der Waals surface area contributed by atoms with Crippen molar-refractivity contribution < 1.29 is 0 Å². The molecule has 2 aliphatic rings. The van der Waals surface area contributed by atoms with Crippen molar-refractivity contribution in [1.29, 1.82) is 0 Å². The molecule has 2 fully saturated rings. The lowest BCUT2D eigenvalue weighted by Gasteiger charge is -2.34. The van der Waals surface area contributed by atoms with Crippen molar-refractivity contribution in [3.05, 3.63) is 54.7 Å². The molecular weight excluding hydrogens is 410 g/mol. The van der Waals surface area contributed by atoms with E-state index in [1.54, 1.807) is 0 Å². The van der Waals surface area contributed by atoms with Crippen molar-refractivity contribution in [3.8, 4) is 11.1 Å². The second-order valence-electron chi connectivity index (χ2n) is 9.05. The molecule has 0 bridgehead atoms. The van der Waals surface area contributed by atoms with Gasteiger partial charge >= 0.3 is 0 Å². The summed E-state index contributed by atoms with van der Waals surface area (Å²) in [5.41, 5.74) is 11.5. The number of hydrogen-bond donors (Lipinski definition) is 2. The van der Waals surface area contributed by atoms with Crippen molar-refractivity contribution in [2.45, 2.75) is 19.3 Å². The van der Waals surface area contributed by atoms with Gasteiger partial charge in [-0.05, 0) is 62.2 Å². The largest absolute Gasteiger partial charge is 0.371 e. The van der Waals surface area contributed by atoms with E-state index in [2.05, 4.69) is 85.6 Å².